The van der Waals surface area contributed by atoms with Gasteiger partial charge in [0, 0.05) is 5.02 Å². The van der Waals surface area contributed by atoms with Crippen LogP contribution in [-0.4, -0.2) is 6.18 Å². The van der Waals surface area contributed by atoms with Crippen molar-refractivity contribution < 1.29 is 13.2 Å². The average Bonchev–Trinajstić information content (AvgIpc) is 2.39. The first-order chi connectivity index (χ1) is 9.80. The lowest BCUT2D eigenvalue weighted by molar-refractivity contribution is -0.127. The molecule has 0 saturated heterocycles. The van der Waals surface area contributed by atoms with Crippen LogP contribution in [0.5, 0.6) is 0 Å². The van der Waals surface area contributed by atoms with E-state index in [0.29, 0.717) is 5.02 Å². The number of alkyl halides is 3. The maximum atomic E-state index is 12.6. The molecular weight excluding hydrogens is 297 g/mol. The average molecular weight is 313 g/mol. The minimum Gasteiger partial charge on any atom is -0.171 e. The third-order valence-corrected chi connectivity index (χ3v) is 3.68. The number of hydrogen-bond acceptors (Lipinski definition) is 0. The minimum atomic E-state index is -4.20. The number of rotatable bonds is 3. The van der Waals surface area contributed by atoms with Gasteiger partial charge in [0.25, 0.3) is 0 Å². The van der Waals surface area contributed by atoms with E-state index in [-0.39, 0.29) is 5.56 Å². The van der Waals surface area contributed by atoms with Gasteiger partial charge in [-0.2, -0.15) is 13.2 Å². The summed E-state index contributed by atoms with van der Waals surface area (Å²) in [6.07, 6.45) is -4.36. The molecule has 0 N–H and O–H groups in total. The molecule has 4 heteroatoms. The van der Waals surface area contributed by atoms with Crippen molar-refractivity contribution in [1.29, 1.82) is 0 Å². The summed E-state index contributed by atoms with van der Waals surface area (Å²) in [5.74, 6) is 0. The van der Waals surface area contributed by atoms with Crippen LogP contribution in [0.25, 0.3) is 11.1 Å². The molecule has 0 amide bonds. The van der Waals surface area contributed by atoms with Crippen molar-refractivity contribution in [2.75, 3.05) is 0 Å². The second-order valence-electron chi connectivity index (χ2n) is 5.10. The molecule has 2 aromatic carbocycles. The zero-order valence-corrected chi connectivity index (χ0v) is 12.6. The van der Waals surface area contributed by atoms with Gasteiger partial charge < -0.3 is 0 Å². The van der Waals surface area contributed by atoms with Gasteiger partial charge in [-0.1, -0.05) is 42.8 Å². The van der Waals surface area contributed by atoms with E-state index < -0.39 is 12.6 Å². The summed E-state index contributed by atoms with van der Waals surface area (Å²) in [6.45, 7) is 3.92. The summed E-state index contributed by atoms with van der Waals surface area (Å²) in [5.41, 5.74) is 4.02. The molecule has 0 radical (unpaired) electrons. The first kappa shape index (κ1) is 15.9. The van der Waals surface area contributed by atoms with E-state index in [1.165, 1.54) is 0 Å². The first-order valence-electron chi connectivity index (χ1n) is 6.75. The molecule has 112 valence electrons. The molecule has 0 atom stereocenters. The van der Waals surface area contributed by atoms with Crippen molar-refractivity contribution in [3.05, 3.63) is 58.1 Å². The highest BCUT2D eigenvalue weighted by Crippen LogP contribution is 2.32. The Morgan fingerprint density at radius 3 is 2.33 bits per heavy atom. The quantitative estimate of drug-likeness (QED) is 0.653. The highest BCUT2D eigenvalue weighted by molar-refractivity contribution is 6.30. The van der Waals surface area contributed by atoms with Crippen molar-refractivity contribution in [1.82, 2.24) is 0 Å². The predicted octanol–water partition coefficient (Wildman–Crippen LogP) is 5.98. The van der Waals surface area contributed by atoms with Crippen molar-refractivity contribution in [3.63, 3.8) is 0 Å². The predicted molar refractivity (Wildman–Crippen MR) is 80.8 cm³/mol. The summed E-state index contributed by atoms with van der Waals surface area (Å²) in [6, 6.07) is 10.4. The first-order valence-corrected chi connectivity index (χ1v) is 7.13. The Balaban J connectivity index is 2.55. The highest BCUT2D eigenvalue weighted by Gasteiger charge is 2.27. The molecule has 21 heavy (non-hydrogen) atoms. The van der Waals surface area contributed by atoms with Crippen LogP contribution >= 0.6 is 11.6 Å². The normalized spacial score (nSPS) is 11.7. The molecule has 2 aromatic rings. The number of aryl methyl sites for hydroxylation is 2. The Kier molecular flexibility index (Phi) is 4.62. The van der Waals surface area contributed by atoms with Crippen LogP contribution < -0.4 is 0 Å². The van der Waals surface area contributed by atoms with Gasteiger partial charge in [0.2, 0.25) is 0 Å². The molecule has 0 unspecified atom stereocenters. The molecule has 0 bridgehead atoms. The number of benzene rings is 2. The topological polar surface area (TPSA) is 0 Å². The summed E-state index contributed by atoms with van der Waals surface area (Å²) >= 11 is 6.03. The van der Waals surface area contributed by atoms with Crippen LogP contribution in [0.15, 0.2) is 36.4 Å². The third kappa shape index (κ3) is 4.01. The van der Waals surface area contributed by atoms with Crippen molar-refractivity contribution in [2.24, 2.45) is 0 Å². The van der Waals surface area contributed by atoms with Gasteiger partial charge in [0.05, 0.1) is 6.42 Å². The Morgan fingerprint density at radius 2 is 1.71 bits per heavy atom. The lowest BCUT2D eigenvalue weighted by atomic mass is 9.92. The number of hydrogen-bond donors (Lipinski definition) is 0. The summed E-state index contributed by atoms with van der Waals surface area (Å²) in [7, 11) is 0. The standard InChI is InChI=1S/C17H16ClF3/c1-3-13-6-5-12(10-17(19,20)21)8-16(13)15-9-14(18)7-4-11(15)2/h4-9H,3,10H2,1-2H3. The summed E-state index contributed by atoms with van der Waals surface area (Å²) < 4.78 is 37.7. The van der Waals surface area contributed by atoms with E-state index in [1.807, 2.05) is 26.0 Å². The van der Waals surface area contributed by atoms with E-state index in [1.54, 1.807) is 24.3 Å². The number of halogens is 4. The Morgan fingerprint density at radius 1 is 1.00 bits per heavy atom. The largest absolute Gasteiger partial charge is 0.393 e. The molecular formula is C17H16ClF3. The van der Waals surface area contributed by atoms with Crippen LogP contribution in [0.2, 0.25) is 5.02 Å². The van der Waals surface area contributed by atoms with E-state index in [4.69, 9.17) is 11.6 Å². The van der Waals surface area contributed by atoms with Gasteiger partial charge in [0.1, 0.15) is 0 Å². The van der Waals surface area contributed by atoms with Crippen molar-refractivity contribution in [2.45, 2.75) is 32.9 Å². The lowest BCUT2D eigenvalue weighted by Crippen LogP contribution is -2.11. The zero-order valence-electron chi connectivity index (χ0n) is 11.9. The smallest absolute Gasteiger partial charge is 0.171 e. The van der Waals surface area contributed by atoms with Crippen LogP contribution in [0.4, 0.5) is 13.2 Å². The second-order valence-corrected chi connectivity index (χ2v) is 5.53. The lowest BCUT2D eigenvalue weighted by Gasteiger charge is -2.14. The van der Waals surface area contributed by atoms with Crippen LogP contribution in [0, 0.1) is 6.92 Å². The van der Waals surface area contributed by atoms with E-state index in [0.717, 1.165) is 28.7 Å². The molecule has 0 heterocycles. The molecule has 2 rings (SSSR count). The van der Waals surface area contributed by atoms with Gasteiger partial charge in [-0.05, 0) is 53.3 Å². The van der Waals surface area contributed by atoms with Gasteiger partial charge in [-0.3, -0.25) is 0 Å². The Labute approximate surface area is 127 Å². The summed E-state index contributed by atoms with van der Waals surface area (Å²) in [5, 5.41) is 0.582. The van der Waals surface area contributed by atoms with E-state index in [9.17, 15) is 13.2 Å². The van der Waals surface area contributed by atoms with Crippen molar-refractivity contribution >= 4 is 11.6 Å². The van der Waals surface area contributed by atoms with Gasteiger partial charge in [-0.25, -0.2) is 0 Å². The Bertz CT molecular complexity index is 645. The molecule has 0 aliphatic heterocycles. The second kappa shape index (κ2) is 6.10. The molecule has 0 aliphatic carbocycles. The molecule has 0 spiro atoms. The van der Waals surface area contributed by atoms with Crippen molar-refractivity contribution in [3.8, 4) is 11.1 Å². The minimum absolute atomic E-state index is 0.272. The molecule has 0 saturated carbocycles. The maximum absolute atomic E-state index is 12.6. The van der Waals surface area contributed by atoms with Gasteiger partial charge in [0.15, 0.2) is 0 Å². The van der Waals surface area contributed by atoms with Crippen LogP contribution in [-0.2, 0) is 12.8 Å². The molecule has 0 nitrogen and oxygen atoms in total. The van der Waals surface area contributed by atoms with E-state index >= 15 is 0 Å². The van der Waals surface area contributed by atoms with Gasteiger partial charge in [-0.15, -0.1) is 0 Å². The van der Waals surface area contributed by atoms with Gasteiger partial charge >= 0.3 is 6.18 Å². The van der Waals surface area contributed by atoms with Crippen LogP contribution in [0.3, 0.4) is 0 Å². The van der Waals surface area contributed by atoms with E-state index in [2.05, 4.69) is 0 Å². The maximum Gasteiger partial charge on any atom is 0.393 e. The molecule has 0 aromatic heterocycles. The molecule has 0 fully saturated rings. The summed E-state index contributed by atoms with van der Waals surface area (Å²) in [4.78, 5) is 0. The van der Waals surface area contributed by atoms with Crippen LogP contribution in [0.1, 0.15) is 23.6 Å². The monoisotopic (exact) mass is 312 g/mol. The fourth-order valence-corrected chi connectivity index (χ4v) is 2.58. The third-order valence-electron chi connectivity index (χ3n) is 3.45. The Hall–Kier alpha value is -1.48. The zero-order chi connectivity index (χ0) is 15.6. The molecule has 0 aliphatic rings. The fraction of sp³-hybridized carbons (Fsp3) is 0.294. The fourth-order valence-electron chi connectivity index (χ4n) is 2.41. The highest BCUT2D eigenvalue weighted by atomic mass is 35.5. The SMILES string of the molecule is CCc1ccc(CC(F)(F)F)cc1-c1cc(Cl)ccc1C.